The number of piperidine rings is 1. The van der Waals surface area contributed by atoms with Crippen LogP contribution < -0.4 is 10.1 Å². The highest BCUT2D eigenvalue weighted by Gasteiger charge is 2.31. The number of fused-ring (bicyclic) bond motifs is 1. The number of hydrogen-bond donors (Lipinski definition) is 2. The molecule has 1 saturated heterocycles. The molecule has 0 saturated carbocycles. The van der Waals surface area contributed by atoms with Gasteiger partial charge in [-0.05, 0) is 25.3 Å². The fourth-order valence-electron chi connectivity index (χ4n) is 3.69. The fraction of sp³-hybridized carbons (Fsp3) is 0.500. The normalized spacial score (nSPS) is 20.8. The number of rotatable bonds is 6. The molecular formula is C18H25N7O3S. The van der Waals surface area contributed by atoms with Crippen LogP contribution in [0.5, 0.6) is 5.75 Å². The fourth-order valence-corrected chi connectivity index (χ4v) is 4.63. The molecule has 0 amide bonds. The van der Waals surface area contributed by atoms with Gasteiger partial charge in [-0.15, -0.1) is 5.10 Å². The van der Waals surface area contributed by atoms with E-state index in [0.29, 0.717) is 43.5 Å². The molecule has 0 spiro atoms. The zero-order valence-electron chi connectivity index (χ0n) is 16.7. The van der Waals surface area contributed by atoms with Crippen LogP contribution in [0.1, 0.15) is 20.3 Å². The number of anilines is 1. The zero-order valence-corrected chi connectivity index (χ0v) is 17.5. The van der Waals surface area contributed by atoms with Gasteiger partial charge in [-0.25, -0.2) is 17.2 Å². The van der Waals surface area contributed by atoms with Crippen molar-refractivity contribution in [1.29, 1.82) is 0 Å². The van der Waals surface area contributed by atoms with Crippen LogP contribution in [0.3, 0.4) is 0 Å². The van der Waals surface area contributed by atoms with Crippen molar-refractivity contribution in [1.82, 2.24) is 29.1 Å². The third-order valence-corrected chi connectivity index (χ3v) is 6.48. The highest BCUT2D eigenvalue weighted by molar-refractivity contribution is 7.88. The molecule has 2 atom stereocenters. The minimum Gasteiger partial charge on any atom is -0.489 e. The topological polar surface area (TPSA) is 118 Å². The number of sulfonamides is 1. The van der Waals surface area contributed by atoms with Crippen LogP contribution in [0.4, 0.5) is 5.95 Å². The van der Waals surface area contributed by atoms with E-state index in [1.54, 1.807) is 16.9 Å². The average Bonchev–Trinajstić information content (AvgIpc) is 3.32. The molecule has 1 aliphatic rings. The second kappa shape index (κ2) is 7.64. The highest BCUT2D eigenvalue weighted by atomic mass is 32.2. The number of ether oxygens (including phenoxy) is 1. The summed E-state index contributed by atoms with van der Waals surface area (Å²) >= 11 is 0. The predicted molar refractivity (Wildman–Crippen MR) is 109 cm³/mol. The van der Waals surface area contributed by atoms with Crippen LogP contribution in [-0.4, -0.2) is 69.5 Å². The zero-order chi connectivity index (χ0) is 20.6. The van der Waals surface area contributed by atoms with E-state index in [4.69, 9.17) is 4.74 Å². The average molecular weight is 420 g/mol. The van der Waals surface area contributed by atoms with Crippen molar-refractivity contribution in [3.8, 4) is 16.9 Å². The largest absolute Gasteiger partial charge is 0.489 e. The van der Waals surface area contributed by atoms with Gasteiger partial charge < -0.3 is 10.1 Å². The Morgan fingerprint density at radius 2 is 2.24 bits per heavy atom. The number of pyridine rings is 1. The first-order valence-corrected chi connectivity index (χ1v) is 11.4. The first-order chi connectivity index (χ1) is 13.9. The van der Waals surface area contributed by atoms with Gasteiger partial charge in [0.05, 0.1) is 19.1 Å². The molecular weight excluding hydrogens is 394 g/mol. The van der Waals surface area contributed by atoms with E-state index in [1.807, 2.05) is 26.1 Å². The summed E-state index contributed by atoms with van der Waals surface area (Å²) in [4.78, 5) is 4.65. The predicted octanol–water partition coefficient (Wildman–Crippen LogP) is 1.60. The lowest BCUT2D eigenvalue weighted by Gasteiger charge is -2.35. The van der Waals surface area contributed by atoms with Crippen molar-refractivity contribution in [2.75, 3.05) is 31.3 Å². The molecule has 1 aliphatic heterocycles. The van der Waals surface area contributed by atoms with Crippen molar-refractivity contribution in [3.05, 3.63) is 24.7 Å². The molecule has 10 nitrogen and oxygen atoms in total. The van der Waals surface area contributed by atoms with Gasteiger partial charge in [0.25, 0.3) is 0 Å². The summed E-state index contributed by atoms with van der Waals surface area (Å²) in [6.07, 6.45) is 7.34. The molecule has 0 aliphatic carbocycles. The van der Waals surface area contributed by atoms with E-state index in [-0.39, 0.29) is 12.0 Å². The van der Waals surface area contributed by atoms with Crippen LogP contribution in [-0.2, 0) is 10.0 Å². The number of nitrogens with one attached hydrogen (secondary N) is 2. The molecule has 4 heterocycles. The van der Waals surface area contributed by atoms with Gasteiger partial charge in [-0.1, -0.05) is 6.92 Å². The molecule has 11 heteroatoms. The lowest BCUT2D eigenvalue weighted by molar-refractivity contribution is 0.262. The number of nitrogens with zero attached hydrogens (tertiary/aromatic N) is 5. The minimum absolute atomic E-state index is 0.0919. The van der Waals surface area contributed by atoms with Crippen LogP contribution in [0, 0.1) is 5.92 Å². The molecule has 4 rings (SSSR count). The molecule has 156 valence electrons. The quantitative estimate of drug-likeness (QED) is 0.623. The second-order valence-corrected chi connectivity index (χ2v) is 9.30. The van der Waals surface area contributed by atoms with E-state index in [9.17, 15) is 8.42 Å². The number of hydrogen-bond acceptors (Lipinski definition) is 7. The molecule has 3 aromatic heterocycles. The lowest BCUT2D eigenvalue weighted by atomic mass is 9.95. The van der Waals surface area contributed by atoms with Gasteiger partial charge in [0.15, 0.2) is 11.4 Å². The van der Waals surface area contributed by atoms with Crippen LogP contribution >= 0.6 is 0 Å². The summed E-state index contributed by atoms with van der Waals surface area (Å²) in [6.45, 7) is 5.44. The Morgan fingerprint density at radius 3 is 2.90 bits per heavy atom. The van der Waals surface area contributed by atoms with E-state index >= 15 is 0 Å². The van der Waals surface area contributed by atoms with Crippen LogP contribution in [0.25, 0.3) is 16.8 Å². The summed E-state index contributed by atoms with van der Waals surface area (Å²) in [7, 11) is -3.17. The van der Waals surface area contributed by atoms with Crippen LogP contribution in [0.2, 0.25) is 0 Å². The standard InChI is InChI=1S/C18H25N7O3S/c1-4-28-16-14(13-9-19-20-10-13)5-8-25-17(16)22-18(23-25)21-15-6-7-24(11-12(15)2)29(3,26)27/h5,8-10,12,15H,4,6-7,11H2,1-3H3,(H,19,20)(H,21,23). The van der Waals surface area contributed by atoms with Crippen molar-refractivity contribution < 1.29 is 13.2 Å². The first-order valence-electron chi connectivity index (χ1n) is 9.59. The van der Waals surface area contributed by atoms with E-state index in [1.165, 1.54) is 10.6 Å². The van der Waals surface area contributed by atoms with Gasteiger partial charge in [0, 0.05) is 42.7 Å². The Hall–Kier alpha value is -2.66. The SMILES string of the molecule is CCOc1c(-c2cn[nH]c2)ccn2nc(NC3CCN(S(C)(=O)=O)CC3C)nc12. The van der Waals surface area contributed by atoms with Gasteiger partial charge in [0.2, 0.25) is 16.0 Å². The molecule has 1 fully saturated rings. The van der Waals surface area contributed by atoms with Gasteiger partial charge in [-0.3, -0.25) is 5.10 Å². The second-order valence-electron chi connectivity index (χ2n) is 7.32. The molecule has 2 unspecified atom stereocenters. The summed E-state index contributed by atoms with van der Waals surface area (Å²) in [5.41, 5.74) is 2.42. The van der Waals surface area contributed by atoms with Crippen molar-refractivity contribution >= 4 is 21.6 Å². The summed E-state index contributed by atoms with van der Waals surface area (Å²) in [5, 5.41) is 14.7. The number of aromatic amines is 1. The Labute approximate surface area is 169 Å². The Kier molecular flexibility index (Phi) is 5.17. The molecule has 0 aromatic carbocycles. The molecule has 3 aromatic rings. The summed E-state index contributed by atoms with van der Waals surface area (Å²) in [6, 6.07) is 2.02. The molecule has 0 bridgehead atoms. The maximum Gasteiger partial charge on any atom is 0.243 e. The van der Waals surface area contributed by atoms with E-state index < -0.39 is 10.0 Å². The summed E-state index contributed by atoms with van der Waals surface area (Å²) < 4.78 is 32.7. The van der Waals surface area contributed by atoms with Gasteiger partial charge in [0.1, 0.15) is 0 Å². The maximum atomic E-state index is 11.8. The van der Waals surface area contributed by atoms with Gasteiger partial charge >= 0.3 is 0 Å². The third-order valence-electron chi connectivity index (χ3n) is 5.21. The molecule has 29 heavy (non-hydrogen) atoms. The Balaban J connectivity index is 1.60. The Bertz CT molecular complexity index is 1090. The van der Waals surface area contributed by atoms with E-state index in [0.717, 1.165) is 11.1 Å². The van der Waals surface area contributed by atoms with Crippen molar-refractivity contribution in [3.63, 3.8) is 0 Å². The lowest BCUT2D eigenvalue weighted by Crippen LogP contribution is -2.47. The van der Waals surface area contributed by atoms with Gasteiger partial charge in [-0.2, -0.15) is 10.1 Å². The smallest absolute Gasteiger partial charge is 0.243 e. The highest BCUT2D eigenvalue weighted by Crippen LogP contribution is 2.33. The monoisotopic (exact) mass is 419 g/mol. The van der Waals surface area contributed by atoms with Crippen molar-refractivity contribution in [2.24, 2.45) is 5.92 Å². The minimum atomic E-state index is -3.17. The number of H-pyrrole nitrogens is 1. The maximum absolute atomic E-state index is 11.8. The van der Waals surface area contributed by atoms with E-state index in [2.05, 4.69) is 25.6 Å². The summed E-state index contributed by atoms with van der Waals surface area (Å²) in [5.74, 6) is 1.29. The van der Waals surface area contributed by atoms with Crippen LogP contribution in [0.15, 0.2) is 24.7 Å². The van der Waals surface area contributed by atoms with Crippen molar-refractivity contribution in [2.45, 2.75) is 26.3 Å². The molecule has 2 N–H and O–H groups in total. The Morgan fingerprint density at radius 1 is 1.41 bits per heavy atom. The third kappa shape index (κ3) is 3.92. The number of aromatic nitrogens is 5. The molecule has 0 radical (unpaired) electrons. The first kappa shape index (κ1) is 19.6.